The number of nitriles is 1. The van der Waals surface area contributed by atoms with Gasteiger partial charge in [-0.05, 0) is 93.2 Å². The number of likely N-dealkylation sites (tertiary alicyclic amines) is 1. The van der Waals surface area contributed by atoms with E-state index >= 15 is 4.79 Å². The number of piperidine rings is 1. The van der Waals surface area contributed by atoms with E-state index in [1.807, 2.05) is 30.3 Å². The van der Waals surface area contributed by atoms with Gasteiger partial charge < -0.3 is 14.4 Å². The maximum absolute atomic E-state index is 15.0. The molecule has 3 saturated carbocycles. The predicted molar refractivity (Wildman–Crippen MR) is 158 cm³/mol. The lowest BCUT2D eigenvalue weighted by atomic mass is 9.41. The molecular formula is C36H48N2O3. The summed E-state index contributed by atoms with van der Waals surface area (Å²) in [5, 5.41) is 11.3. The summed E-state index contributed by atoms with van der Waals surface area (Å²) in [7, 11) is 0. The molecule has 0 spiro atoms. The summed E-state index contributed by atoms with van der Waals surface area (Å²) in [6.07, 6.45) is 12.5. The lowest BCUT2D eigenvalue weighted by Gasteiger charge is -2.59. The fourth-order valence-electron chi connectivity index (χ4n) is 11.2. The summed E-state index contributed by atoms with van der Waals surface area (Å²) in [5.74, 6) is 1.52. The van der Waals surface area contributed by atoms with Gasteiger partial charge in [-0.3, -0.25) is 4.79 Å². The molecule has 7 rings (SSSR count). The van der Waals surface area contributed by atoms with Crippen LogP contribution < -0.4 is 0 Å². The summed E-state index contributed by atoms with van der Waals surface area (Å²) < 4.78 is 13.5. The largest absolute Gasteiger partial charge is 0.460 e. The molecule has 5 fully saturated rings. The van der Waals surface area contributed by atoms with Gasteiger partial charge in [-0.1, -0.05) is 75.6 Å². The maximum Gasteiger partial charge on any atom is 0.318 e. The Kier molecular flexibility index (Phi) is 6.90. The van der Waals surface area contributed by atoms with Crippen molar-refractivity contribution in [1.82, 2.24) is 4.90 Å². The molecule has 4 bridgehead atoms. The summed E-state index contributed by atoms with van der Waals surface area (Å²) in [6.45, 7) is 10.4. The molecule has 4 aliphatic carbocycles. The van der Waals surface area contributed by atoms with Crippen LogP contribution in [0.5, 0.6) is 0 Å². The van der Waals surface area contributed by atoms with Crippen molar-refractivity contribution < 1.29 is 14.3 Å². The van der Waals surface area contributed by atoms with Gasteiger partial charge in [0.1, 0.15) is 12.0 Å². The van der Waals surface area contributed by atoms with Gasteiger partial charge in [0.25, 0.3) is 0 Å². The number of rotatable bonds is 7. The van der Waals surface area contributed by atoms with E-state index in [1.165, 1.54) is 37.9 Å². The van der Waals surface area contributed by atoms with Crippen LogP contribution in [-0.4, -0.2) is 42.7 Å². The number of benzene rings is 1. The Balaban J connectivity index is 1.31. The quantitative estimate of drug-likeness (QED) is 0.269. The molecule has 2 saturated heterocycles. The van der Waals surface area contributed by atoms with Gasteiger partial charge in [-0.2, -0.15) is 5.26 Å². The Hall–Kier alpha value is -2.16. The van der Waals surface area contributed by atoms with E-state index in [-0.39, 0.29) is 42.5 Å². The molecule has 6 aliphatic rings. The minimum atomic E-state index is -0.932. The Morgan fingerprint density at radius 1 is 1.10 bits per heavy atom. The second kappa shape index (κ2) is 10.2. The normalized spacial score (nSPS) is 43.1. The first-order valence-electron chi connectivity index (χ1n) is 16.6. The zero-order valence-electron chi connectivity index (χ0n) is 25.3. The lowest BCUT2D eigenvalue weighted by molar-refractivity contribution is -0.197. The minimum absolute atomic E-state index is 0.0111. The molecule has 41 heavy (non-hydrogen) atoms. The third-order valence-corrected chi connectivity index (χ3v) is 12.7. The molecule has 5 nitrogen and oxygen atoms in total. The Morgan fingerprint density at radius 3 is 2.61 bits per heavy atom. The van der Waals surface area contributed by atoms with E-state index in [4.69, 9.17) is 9.47 Å². The highest BCUT2D eigenvalue weighted by atomic mass is 16.5. The molecule has 0 aromatic heterocycles. The van der Waals surface area contributed by atoms with E-state index in [0.717, 1.165) is 50.6 Å². The maximum atomic E-state index is 15.0. The van der Waals surface area contributed by atoms with Crippen molar-refractivity contribution in [3.05, 3.63) is 47.5 Å². The van der Waals surface area contributed by atoms with E-state index in [0.29, 0.717) is 11.8 Å². The van der Waals surface area contributed by atoms with Gasteiger partial charge in [0.15, 0.2) is 0 Å². The molecule has 6 unspecified atom stereocenters. The molecule has 9 atom stereocenters. The summed E-state index contributed by atoms with van der Waals surface area (Å²) in [5.41, 5.74) is 0.123. The number of esters is 1. The van der Waals surface area contributed by atoms with Crippen molar-refractivity contribution in [2.45, 2.75) is 97.4 Å². The van der Waals surface area contributed by atoms with E-state index < -0.39 is 16.2 Å². The van der Waals surface area contributed by atoms with E-state index in [9.17, 15) is 5.26 Å². The number of carbonyl (C=O) groups excluding carboxylic acids is 1. The van der Waals surface area contributed by atoms with Crippen molar-refractivity contribution in [3.63, 3.8) is 0 Å². The highest BCUT2D eigenvalue weighted by Crippen LogP contribution is 2.84. The van der Waals surface area contributed by atoms with Gasteiger partial charge in [0, 0.05) is 12.0 Å². The van der Waals surface area contributed by atoms with Crippen molar-refractivity contribution in [2.75, 3.05) is 19.6 Å². The monoisotopic (exact) mass is 556 g/mol. The van der Waals surface area contributed by atoms with Crippen LogP contribution in [0.2, 0.25) is 0 Å². The van der Waals surface area contributed by atoms with Crippen molar-refractivity contribution in [2.24, 2.45) is 45.8 Å². The van der Waals surface area contributed by atoms with Crippen LogP contribution in [0.3, 0.4) is 0 Å². The smallest absolute Gasteiger partial charge is 0.318 e. The number of hydrogen-bond donors (Lipinski definition) is 0. The number of ether oxygens (including phenoxy) is 2. The molecule has 1 aromatic rings. The number of allylic oxidation sites excluding steroid dienone is 1. The van der Waals surface area contributed by atoms with Gasteiger partial charge in [-0.25, -0.2) is 0 Å². The highest BCUT2D eigenvalue weighted by Gasteiger charge is 2.86. The van der Waals surface area contributed by atoms with Crippen LogP contribution in [0.15, 0.2) is 42.0 Å². The second-order valence-corrected chi connectivity index (χ2v) is 14.7. The van der Waals surface area contributed by atoms with Crippen LogP contribution >= 0.6 is 0 Å². The molecule has 0 N–H and O–H groups in total. The van der Waals surface area contributed by atoms with Crippen LogP contribution in [0, 0.1) is 57.2 Å². The first-order chi connectivity index (χ1) is 19.9. The van der Waals surface area contributed by atoms with Crippen molar-refractivity contribution in [1.29, 1.82) is 5.26 Å². The number of carbonyl (C=O) groups is 1. The third kappa shape index (κ3) is 3.75. The summed E-state index contributed by atoms with van der Waals surface area (Å²) in [4.78, 5) is 17.6. The number of fused-ring (bicyclic) bond motifs is 2. The summed E-state index contributed by atoms with van der Waals surface area (Å²) in [6, 6.07) is 13.0. The van der Waals surface area contributed by atoms with Crippen LogP contribution in [-0.2, 0) is 20.9 Å². The van der Waals surface area contributed by atoms with E-state index in [1.54, 1.807) is 0 Å². The number of hydrogen-bond acceptors (Lipinski definition) is 5. The molecule has 0 amide bonds. The van der Waals surface area contributed by atoms with Gasteiger partial charge in [0.2, 0.25) is 0 Å². The van der Waals surface area contributed by atoms with Gasteiger partial charge in [-0.15, -0.1) is 0 Å². The van der Waals surface area contributed by atoms with Crippen LogP contribution in [0.25, 0.3) is 0 Å². The fourth-order valence-corrected chi connectivity index (χ4v) is 11.2. The first kappa shape index (κ1) is 27.7. The Labute approximate surface area is 246 Å². The Morgan fingerprint density at radius 2 is 1.88 bits per heavy atom. The minimum Gasteiger partial charge on any atom is -0.460 e. The third-order valence-electron chi connectivity index (χ3n) is 12.7. The molecule has 220 valence electrons. The SMILES string of the molecule is CC(C)C1=CC2CC3(C#N)[C@@H]4CC[C@@H](C)[C@H]4CC2(C2CCC(CN4CCCCC4)O2)C13C(=O)OCc1ccccc1. The predicted octanol–water partition coefficient (Wildman–Crippen LogP) is 6.93. The molecular weight excluding hydrogens is 508 g/mol. The average Bonchev–Trinajstić information content (AvgIpc) is 3.72. The lowest BCUT2D eigenvalue weighted by Crippen LogP contribution is -2.64. The molecule has 2 aliphatic heterocycles. The van der Waals surface area contributed by atoms with Crippen LogP contribution in [0.1, 0.15) is 84.1 Å². The Bertz CT molecular complexity index is 1230. The van der Waals surface area contributed by atoms with E-state index in [2.05, 4.69) is 37.8 Å². The molecule has 1 aromatic carbocycles. The second-order valence-electron chi connectivity index (χ2n) is 14.7. The topological polar surface area (TPSA) is 62.6 Å². The molecule has 0 radical (unpaired) electrons. The van der Waals surface area contributed by atoms with Crippen LogP contribution in [0.4, 0.5) is 0 Å². The van der Waals surface area contributed by atoms with Crippen molar-refractivity contribution >= 4 is 5.97 Å². The molecule has 5 heteroatoms. The standard InChI is InChI=1S/C36H48N2O3/c1-24(2)31-18-27-19-34(23-37)30-14-12-25(3)29(30)20-35(27,32-15-13-28(41-32)21-38-16-8-5-9-17-38)36(31,34)33(39)40-22-26-10-6-4-7-11-26/h4,6-7,10-11,18,24-25,27-30,32H,5,8-9,12-17,19-22H2,1-3H3/t25-,27?,28?,29-,30-,32?,34?,35?,36?/m1/s1. The fraction of sp³-hybridized carbons (Fsp3) is 0.722. The van der Waals surface area contributed by atoms with Crippen molar-refractivity contribution in [3.8, 4) is 6.07 Å². The first-order valence-corrected chi connectivity index (χ1v) is 16.6. The van der Waals surface area contributed by atoms with Gasteiger partial charge in [0.05, 0.1) is 23.7 Å². The van der Waals surface area contributed by atoms with Gasteiger partial charge >= 0.3 is 5.97 Å². The molecule has 2 heterocycles. The summed E-state index contributed by atoms with van der Waals surface area (Å²) >= 11 is 0. The zero-order chi connectivity index (χ0) is 28.4. The average molecular weight is 557 g/mol. The highest BCUT2D eigenvalue weighted by molar-refractivity contribution is 5.87. The zero-order valence-corrected chi connectivity index (χ0v) is 25.3. The number of nitrogens with zero attached hydrogens (tertiary/aromatic N) is 2.